The van der Waals surface area contributed by atoms with Gasteiger partial charge in [-0.2, -0.15) is 0 Å². The molecule has 1 unspecified atom stereocenters. The summed E-state index contributed by atoms with van der Waals surface area (Å²) in [6, 6.07) is 8.82. The first-order valence-electron chi connectivity index (χ1n) is 6.29. The van der Waals surface area contributed by atoms with Crippen LogP contribution in [-0.2, 0) is 11.2 Å². The van der Waals surface area contributed by atoms with E-state index in [9.17, 15) is 0 Å². The summed E-state index contributed by atoms with van der Waals surface area (Å²) in [7, 11) is 1.68. The average molecular weight is 266 g/mol. The maximum Gasteiger partial charge on any atom is 0.166 e. The summed E-state index contributed by atoms with van der Waals surface area (Å²) in [5.74, 6) is 0. The monoisotopic (exact) mass is 266 g/mol. The molecular weight excluding hydrogens is 244 g/mol. The van der Waals surface area contributed by atoms with Crippen LogP contribution in [0.4, 0.5) is 0 Å². The summed E-state index contributed by atoms with van der Waals surface area (Å²) in [4.78, 5) is 0. The average Bonchev–Trinajstić information content (AvgIpc) is 2.39. The minimum absolute atomic E-state index is 0.207. The molecule has 0 bridgehead atoms. The second-order valence-corrected chi connectivity index (χ2v) is 4.62. The fourth-order valence-electron chi connectivity index (χ4n) is 1.64. The Morgan fingerprint density at radius 1 is 1.33 bits per heavy atom. The Bertz CT molecular complexity index is 365. The number of hydrogen-bond donors (Lipinski definition) is 2. The van der Waals surface area contributed by atoms with Crippen molar-refractivity contribution in [1.82, 2.24) is 10.6 Å². The minimum Gasteiger partial charge on any atom is -0.383 e. The summed E-state index contributed by atoms with van der Waals surface area (Å²) in [6.07, 6.45) is 1.07. The molecule has 0 saturated heterocycles. The molecule has 0 fully saturated rings. The number of thiocarbonyl (C=S) groups is 1. The molecule has 1 aromatic rings. The third-order valence-corrected chi connectivity index (χ3v) is 3.09. The number of hydrogen-bond acceptors (Lipinski definition) is 2. The Kier molecular flexibility index (Phi) is 6.68. The minimum atomic E-state index is 0.207. The summed E-state index contributed by atoms with van der Waals surface area (Å²) in [6.45, 7) is 5.64. The molecule has 0 aliphatic rings. The summed E-state index contributed by atoms with van der Waals surface area (Å²) < 4.78 is 4.96. The van der Waals surface area contributed by atoms with Gasteiger partial charge >= 0.3 is 0 Å². The van der Waals surface area contributed by atoms with Crippen molar-refractivity contribution in [3.8, 4) is 0 Å². The Hall–Kier alpha value is -1.13. The zero-order valence-electron chi connectivity index (χ0n) is 11.3. The largest absolute Gasteiger partial charge is 0.383 e. The van der Waals surface area contributed by atoms with Crippen LogP contribution in [0.15, 0.2) is 24.3 Å². The van der Waals surface area contributed by atoms with Gasteiger partial charge in [0.05, 0.1) is 12.6 Å². The van der Waals surface area contributed by atoms with Crippen LogP contribution in [0.1, 0.15) is 31.0 Å². The Labute approximate surface area is 115 Å². The maximum absolute atomic E-state index is 5.21. The highest BCUT2D eigenvalue weighted by molar-refractivity contribution is 7.80. The number of rotatable bonds is 6. The molecule has 1 aromatic carbocycles. The van der Waals surface area contributed by atoms with Crippen LogP contribution in [0.5, 0.6) is 0 Å². The van der Waals surface area contributed by atoms with Crippen molar-refractivity contribution in [2.45, 2.75) is 26.3 Å². The van der Waals surface area contributed by atoms with Crippen LogP contribution in [0.3, 0.4) is 0 Å². The van der Waals surface area contributed by atoms with Crippen molar-refractivity contribution >= 4 is 17.3 Å². The number of ether oxygens (including phenoxy) is 1. The van der Waals surface area contributed by atoms with E-state index >= 15 is 0 Å². The van der Waals surface area contributed by atoms with Gasteiger partial charge in [0, 0.05) is 13.7 Å². The molecule has 0 aliphatic heterocycles. The number of nitrogens with one attached hydrogen (secondary N) is 2. The molecule has 0 amide bonds. The van der Waals surface area contributed by atoms with Crippen LogP contribution in [0, 0.1) is 0 Å². The summed E-state index contributed by atoms with van der Waals surface area (Å²) in [5.41, 5.74) is 2.59. The molecule has 1 rings (SSSR count). The number of methoxy groups -OCH3 is 1. The fourth-order valence-corrected chi connectivity index (χ4v) is 1.92. The Morgan fingerprint density at radius 3 is 2.56 bits per heavy atom. The Morgan fingerprint density at radius 2 is 2.00 bits per heavy atom. The summed E-state index contributed by atoms with van der Waals surface area (Å²) >= 11 is 5.21. The van der Waals surface area contributed by atoms with Gasteiger partial charge in [-0.15, -0.1) is 0 Å². The molecule has 100 valence electrons. The van der Waals surface area contributed by atoms with E-state index in [1.807, 2.05) is 0 Å². The topological polar surface area (TPSA) is 33.3 Å². The molecule has 0 radical (unpaired) electrons. The lowest BCUT2D eigenvalue weighted by Crippen LogP contribution is -2.38. The van der Waals surface area contributed by atoms with E-state index in [-0.39, 0.29) is 6.04 Å². The van der Waals surface area contributed by atoms with E-state index in [2.05, 4.69) is 48.7 Å². The molecule has 4 heteroatoms. The van der Waals surface area contributed by atoms with E-state index < -0.39 is 0 Å². The number of aryl methyl sites for hydroxylation is 1. The molecule has 0 saturated carbocycles. The highest BCUT2D eigenvalue weighted by atomic mass is 32.1. The van der Waals surface area contributed by atoms with Crippen LogP contribution in [0.2, 0.25) is 0 Å². The lowest BCUT2D eigenvalue weighted by Gasteiger charge is -2.17. The Balaban J connectivity index is 2.43. The van der Waals surface area contributed by atoms with Gasteiger partial charge in [-0.3, -0.25) is 0 Å². The first-order chi connectivity index (χ1) is 8.67. The van der Waals surface area contributed by atoms with Crippen molar-refractivity contribution in [3.63, 3.8) is 0 Å². The van der Waals surface area contributed by atoms with E-state index in [1.54, 1.807) is 7.11 Å². The molecule has 0 heterocycles. The molecule has 2 N–H and O–H groups in total. The van der Waals surface area contributed by atoms with Gasteiger partial charge in [0.2, 0.25) is 0 Å². The van der Waals surface area contributed by atoms with Gasteiger partial charge in [-0.1, -0.05) is 31.2 Å². The van der Waals surface area contributed by atoms with Crippen LogP contribution >= 0.6 is 12.2 Å². The third kappa shape index (κ3) is 5.02. The summed E-state index contributed by atoms with van der Waals surface area (Å²) in [5, 5.41) is 7.03. The smallest absolute Gasteiger partial charge is 0.166 e. The zero-order valence-corrected chi connectivity index (χ0v) is 12.1. The molecule has 0 aliphatic carbocycles. The predicted octanol–water partition coefficient (Wildman–Crippen LogP) is 2.42. The highest BCUT2D eigenvalue weighted by Crippen LogP contribution is 2.13. The van der Waals surface area contributed by atoms with Gasteiger partial charge in [0.15, 0.2) is 5.11 Å². The van der Waals surface area contributed by atoms with Crippen LogP contribution in [-0.4, -0.2) is 25.4 Å². The SMILES string of the molecule is CCc1ccc(C(C)NC(=S)NCCOC)cc1. The van der Waals surface area contributed by atoms with Crippen molar-refractivity contribution in [1.29, 1.82) is 0 Å². The predicted molar refractivity (Wildman–Crippen MR) is 79.8 cm³/mol. The first kappa shape index (κ1) is 14.9. The van der Waals surface area contributed by atoms with Crippen molar-refractivity contribution in [2.24, 2.45) is 0 Å². The zero-order chi connectivity index (χ0) is 13.4. The van der Waals surface area contributed by atoms with E-state index in [0.717, 1.165) is 13.0 Å². The fraction of sp³-hybridized carbons (Fsp3) is 0.500. The van der Waals surface area contributed by atoms with Gasteiger partial charge in [0.25, 0.3) is 0 Å². The lowest BCUT2D eigenvalue weighted by atomic mass is 10.1. The van der Waals surface area contributed by atoms with Gasteiger partial charge < -0.3 is 15.4 Å². The molecule has 0 spiro atoms. The molecule has 0 aromatic heterocycles. The molecule has 18 heavy (non-hydrogen) atoms. The van der Waals surface area contributed by atoms with E-state index in [0.29, 0.717) is 11.7 Å². The van der Waals surface area contributed by atoms with Crippen LogP contribution < -0.4 is 10.6 Å². The highest BCUT2D eigenvalue weighted by Gasteiger charge is 2.06. The van der Waals surface area contributed by atoms with Gasteiger partial charge in [-0.25, -0.2) is 0 Å². The van der Waals surface area contributed by atoms with Gasteiger partial charge in [-0.05, 0) is 36.7 Å². The quantitative estimate of drug-likeness (QED) is 0.612. The molecule has 3 nitrogen and oxygen atoms in total. The number of benzene rings is 1. The lowest BCUT2D eigenvalue weighted by molar-refractivity contribution is 0.204. The maximum atomic E-state index is 5.21. The molecule has 1 atom stereocenters. The second-order valence-electron chi connectivity index (χ2n) is 4.21. The first-order valence-corrected chi connectivity index (χ1v) is 6.70. The second kappa shape index (κ2) is 8.06. The normalized spacial score (nSPS) is 11.9. The van der Waals surface area contributed by atoms with E-state index in [4.69, 9.17) is 17.0 Å². The van der Waals surface area contributed by atoms with Crippen molar-refractivity contribution < 1.29 is 4.74 Å². The van der Waals surface area contributed by atoms with E-state index in [1.165, 1.54) is 11.1 Å². The molecular formula is C14H22N2OS. The van der Waals surface area contributed by atoms with Crippen molar-refractivity contribution in [2.75, 3.05) is 20.3 Å². The van der Waals surface area contributed by atoms with Crippen LogP contribution in [0.25, 0.3) is 0 Å². The third-order valence-electron chi connectivity index (χ3n) is 2.83. The van der Waals surface area contributed by atoms with Gasteiger partial charge in [0.1, 0.15) is 0 Å². The standard InChI is InChI=1S/C14H22N2OS/c1-4-12-5-7-13(8-6-12)11(2)16-14(18)15-9-10-17-3/h5-8,11H,4,9-10H2,1-3H3,(H2,15,16,18). The van der Waals surface area contributed by atoms with Crippen molar-refractivity contribution in [3.05, 3.63) is 35.4 Å².